The molecule has 0 aliphatic carbocycles. The highest BCUT2D eigenvalue weighted by Gasteiger charge is 2.29. The number of piperidine rings is 2. The second-order valence-electron chi connectivity index (χ2n) is 12.0. The molecule has 0 saturated carbocycles. The summed E-state index contributed by atoms with van der Waals surface area (Å²) >= 11 is 0. The Kier molecular flexibility index (Phi) is 10.4. The summed E-state index contributed by atoms with van der Waals surface area (Å²) in [4.78, 5) is 51.4. The number of rotatable bonds is 11. The first-order valence-electron chi connectivity index (χ1n) is 15.7. The fourth-order valence-electron chi connectivity index (χ4n) is 6.52. The van der Waals surface area contributed by atoms with Crippen molar-refractivity contribution in [2.45, 2.75) is 51.0 Å². The SMILES string of the molecule is C=NNc1c(C)c(-c2cc(OC)c(CNCC(=O)N3CCC(c4ccc(C5CCC(=O)NC5=O)cc4)CC3)c(OC)c2)cn(C)c1=O. The van der Waals surface area contributed by atoms with E-state index in [0.29, 0.717) is 61.1 Å². The molecule has 2 saturated heterocycles. The van der Waals surface area contributed by atoms with E-state index in [-0.39, 0.29) is 35.7 Å². The van der Waals surface area contributed by atoms with Crippen molar-refractivity contribution in [1.29, 1.82) is 0 Å². The van der Waals surface area contributed by atoms with E-state index in [1.165, 1.54) is 10.1 Å². The zero-order valence-electron chi connectivity index (χ0n) is 27.4. The number of carbonyl (C=O) groups excluding carboxylic acids is 3. The van der Waals surface area contributed by atoms with Gasteiger partial charge in [-0.1, -0.05) is 24.3 Å². The van der Waals surface area contributed by atoms with Crippen molar-refractivity contribution >= 4 is 30.1 Å². The van der Waals surface area contributed by atoms with Crippen LogP contribution >= 0.6 is 0 Å². The molecule has 12 heteroatoms. The number of hydrazone groups is 1. The Morgan fingerprint density at radius 3 is 2.26 bits per heavy atom. The number of hydrogen-bond donors (Lipinski definition) is 3. The number of hydrogen-bond acceptors (Lipinski definition) is 9. The van der Waals surface area contributed by atoms with Crippen LogP contribution in [0.2, 0.25) is 0 Å². The van der Waals surface area contributed by atoms with Crippen LogP contribution in [0.5, 0.6) is 11.5 Å². The van der Waals surface area contributed by atoms with Gasteiger partial charge in [-0.25, -0.2) is 0 Å². The molecule has 3 amide bonds. The van der Waals surface area contributed by atoms with Gasteiger partial charge in [0.1, 0.15) is 17.2 Å². The van der Waals surface area contributed by atoms with Crippen LogP contribution in [-0.4, -0.2) is 67.8 Å². The van der Waals surface area contributed by atoms with E-state index in [2.05, 4.69) is 40.0 Å². The lowest BCUT2D eigenvalue weighted by molar-refractivity contribution is -0.134. The van der Waals surface area contributed by atoms with Crippen LogP contribution in [-0.2, 0) is 28.0 Å². The van der Waals surface area contributed by atoms with Crippen LogP contribution in [0, 0.1) is 6.92 Å². The van der Waals surface area contributed by atoms with Crippen LogP contribution in [0.25, 0.3) is 11.1 Å². The van der Waals surface area contributed by atoms with Crippen LogP contribution in [0.3, 0.4) is 0 Å². The summed E-state index contributed by atoms with van der Waals surface area (Å²) in [6.07, 6.45) is 4.37. The number of benzene rings is 2. The predicted octanol–water partition coefficient (Wildman–Crippen LogP) is 3.42. The zero-order valence-corrected chi connectivity index (χ0v) is 27.4. The quantitative estimate of drug-likeness (QED) is 0.164. The topological polar surface area (TPSA) is 143 Å². The van der Waals surface area contributed by atoms with Crippen molar-refractivity contribution in [3.8, 4) is 22.6 Å². The minimum absolute atomic E-state index is 0.0305. The van der Waals surface area contributed by atoms with Gasteiger partial charge in [0, 0.05) is 57.1 Å². The number of ether oxygens (including phenoxy) is 2. The molecule has 3 N–H and O–H groups in total. The molecule has 0 spiro atoms. The fraction of sp³-hybridized carbons (Fsp3) is 0.400. The van der Waals surface area contributed by atoms with E-state index in [4.69, 9.17) is 9.47 Å². The number of anilines is 1. The third-order valence-corrected chi connectivity index (χ3v) is 9.22. The van der Waals surface area contributed by atoms with Crippen LogP contribution in [0.15, 0.2) is 52.5 Å². The molecule has 2 fully saturated rings. The monoisotopic (exact) mass is 642 g/mol. The molecule has 1 aromatic heterocycles. The van der Waals surface area contributed by atoms with Gasteiger partial charge >= 0.3 is 0 Å². The summed E-state index contributed by atoms with van der Waals surface area (Å²) in [5.74, 6) is 0.822. The van der Waals surface area contributed by atoms with Gasteiger partial charge in [0.15, 0.2) is 0 Å². The average molecular weight is 643 g/mol. The Bertz CT molecular complexity index is 1700. The van der Waals surface area contributed by atoms with Crippen LogP contribution in [0.4, 0.5) is 5.69 Å². The summed E-state index contributed by atoms with van der Waals surface area (Å²) < 4.78 is 13.0. The van der Waals surface area contributed by atoms with Crippen molar-refractivity contribution < 1.29 is 23.9 Å². The van der Waals surface area contributed by atoms with E-state index in [1.54, 1.807) is 27.5 Å². The fourth-order valence-corrected chi connectivity index (χ4v) is 6.52. The van der Waals surface area contributed by atoms with E-state index in [0.717, 1.165) is 35.1 Å². The molecule has 1 atom stereocenters. The summed E-state index contributed by atoms with van der Waals surface area (Å²) in [6.45, 7) is 7.14. The van der Waals surface area contributed by atoms with Gasteiger partial charge in [-0.15, -0.1) is 0 Å². The Hall–Kier alpha value is -4.97. The smallest absolute Gasteiger partial charge is 0.275 e. The highest BCUT2D eigenvalue weighted by Crippen LogP contribution is 2.37. The van der Waals surface area contributed by atoms with Crippen LogP contribution < -0.4 is 31.1 Å². The number of amides is 3. The van der Waals surface area contributed by atoms with Gasteiger partial charge in [-0.05, 0) is 66.5 Å². The number of aromatic nitrogens is 1. The number of nitrogens with one attached hydrogen (secondary N) is 3. The van der Waals surface area contributed by atoms with Gasteiger partial charge < -0.3 is 24.3 Å². The summed E-state index contributed by atoms with van der Waals surface area (Å²) in [6, 6.07) is 11.9. The van der Waals surface area contributed by atoms with E-state index in [9.17, 15) is 19.2 Å². The largest absolute Gasteiger partial charge is 0.496 e. The molecule has 0 bridgehead atoms. The molecular formula is C35H42N6O6. The maximum atomic E-state index is 13.1. The third kappa shape index (κ3) is 7.22. The molecule has 248 valence electrons. The standard InChI is InChI=1S/C35H42N6O6/c1-21-28(20-40(3)35(45)33(21)39-36-2)25-16-29(46-4)27(30(17-25)47-5)18-37-19-32(43)41-14-12-23(13-15-41)22-6-8-24(9-7-22)26-10-11-31(42)38-34(26)44/h6-9,16-17,20,23,26,37,39H,2,10-15,18-19H2,1,3-5H3,(H,38,42,44). The molecule has 12 nitrogen and oxygen atoms in total. The van der Waals surface area contributed by atoms with E-state index >= 15 is 0 Å². The number of imide groups is 1. The second kappa shape index (κ2) is 14.6. The molecule has 2 aromatic carbocycles. The molecule has 3 heterocycles. The van der Waals surface area contributed by atoms with Crippen molar-refractivity contribution in [2.75, 3.05) is 39.3 Å². The number of aryl methyl sites for hydroxylation is 1. The minimum Gasteiger partial charge on any atom is -0.496 e. The zero-order chi connectivity index (χ0) is 33.7. The highest BCUT2D eigenvalue weighted by atomic mass is 16.5. The third-order valence-electron chi connectivity index (χ3n) is 9.22. The number of likely N-dealkylation sites (tertiary alicyclic amines) is 1. The molecule has 5 rings (SSSR count). The van der Waals surface area contributed by atoms with E-state index in [1.807, 2.05) is 36.1 Å². The Balaban J connectivity index is 1.18. The van der Waals surface area contributed by atoms with Gasteiger partial charge in [0.2, 0.25) is 17.7 Å². The maximum absolute atomic E-state index is 13.1. The van der Waals surface area contributed by atoms with Gasteiger partial charge in [-0.3, -0.25) is 29.9 Å². The Morgan fingerprint density at radius 2 is 1.66 bits per heavy atom. The summed E-state index contributed by atoms with van der Waals surface area (Å²) in [5, 5.41) is 9.38. The molecule has 2 aliphatic rings. The molecule has 0 radical (unpaired) electrons. The van der Waals surface area contributed by atoms with Gasteiger partial charge in [-0.2, -0.15) is 5.10 Å². The van der Waals surface area contributed by atoms with Crippen molar-refractivity contribution in [3.63, 3.8) is 0 Å². The Labute approximate surface area is 274 Å². The average Bonchev–Trinajstić information content (AvgIpc) is 3.08. The first-order chi connectivity index (χ1) is 22.6. The maximum Gasteiger partial charge on any atom is 0.275 e. The number of nitrogens with zero attached hydrogens (tertiary/aromatic N) is 3. The lowest BCUT2D eigenvalue weighted by Crippen LogP contribution is -2.42. The molecule has 1 unspecified atom stereocenters. The van der Waals surface area contributed by atoms with Crippen molar-refractivity contribution in [3.05, 3.63) is 75.2 Å². The molecule has 2 aliphatic heterocycles. The van der Waals surface area contributed by atoms with E-state index < -0.39 is 0 Å². The number of methoxy groups -OCH3 is 2. The van der Waals surface area contributed by atoms with Crippen molar-refractivity contribution in [2.24, 2.45) is 12.1 Å². The lowest BCUT2D eigenvalue weighted by atomic mass is 9.86. The second-order valence-corrected chi connectivity index (χ2v) is 12.0. The molecular weight excluding hydrogens is 600 g/mol. The number of pyridine rings is 1. The predicted molar refractivity (Wildman–Crippen MR) is 180 cm³/mol. The summed E-state index contributed by atoms with van der Waals surface area (Å²) in [7, 11) is 4.85. The van der Waals surface area contributed by atoms with Gasteiger partial charge in [0.05, 0.1) is 26.7 Å². The van der Waals surface area contributed by atoms with Crippen molar-refractivity contribution in [1.82, 2.24) is 20.1 Å². The Morgan fingerprint density at radius 1 is 1.02 bits per heavy atom. The molecule has 3 aromatic rings. The molecule has 47 heavy (non-hydrogen) atoms. The minimum atomic E-state index is -0.290. The van der Waals surface area contributed by atoms with Crippen LogP contribution in [0.1, 0.15) is 59.8 Å². The summed E-state index contributed by atoms with van der Waals surface area (Å²) in [5.41, 5.74) is 8.06. The first-order valence-corrected chi connectivity index (χ1v) is 15.7. The normalized spacial score (nSPS) is 16.9. The number of carbonyl (C=O) groups is 3. The first kappa shape index (κ1) is 33.4. The van der Waals surface area contributed by atoms with Gasteiger partial charge in [0.25, 0.3) is 5.56 Å². The lowest BCUT2D eigenvalue weighted by Gasteiger charge is -2.32. The highest BCUT2D eigenvalue weighted by molar-refractivity contribution is 6.00.